The molecule has 3 heterocycles. The summed E-state index contributed by atoms with van der Waals surface area (Å²) in [4.78, 5) is 22.7. The van der Waals surface area contributed by atoms with Gasteiger partial charge in [0.25, 0.3) is 5.91 Å². The molecule has 0 unspecified atom stereocenters. The van der Waals surface area contributed by atoms with Crippen molar-refractivity contribution in [3.63, 3.8) is 0 Å². The molecule has 0 spiro atoms. The SMILES string of the molecule is O=C(c1cscn1)N1CCC[C@H]1c1ccccn1. The lowest BCUT2D eigenvalue weighted by Crippen LogP contribution is -2.31. The summed E-state index contributed by atoms with van der Waals surface area (Å²) in [7, 11) is 0. The molecule has 0 aliphatic carbocycles. The van der Waals surface area contributed by atoms with E-state index in [4.69, 9.17) is 0 Å². The lowest BCUT2D eigenvalue weighted by atomic mass is 10.1. The topological polar surface area (TPSA) is 46.1 Å². The summed E-state index contributed by atoms with van der Waals surface area (Å²) in [6, 6.07) is 5.94. The Morgan fingerprint density at radius 2 is 2.33 bits per heavy atom. The average molecular weight is 259 g/mol. The van der Waals surface area contributed by atoms with Gasteiger partial charge >= 0.3 is 0 Å². The number of nitrogens with zero attached hydrogens (tertiary/aromatic N) is 3. The summed E-state index contributed by atoms with van der Waals surface area (Å²) in [5.74, 6) is 0.0180. The van der Waals surface area contributed by atoms with Gasteiger partial charge in [0.05, 0.1) is 17.2 Å². The van der Waals surface area contributed by atoms with Gasteiger partial charge in [-0.3, -0.25) is 9.78 Å². The van der Waals surface area contributed by atoms with Crippen LogP contribution in [0, 0.1) is 0 Å². The zero-order chi connectivity index (χ0) is 12.4. The molecule has 1 aliphatic rings. The van der Waals surface area contributed by atoms with E-state index in [1.54, 1.807) is 17.1 Å². The van der Waals surface area contributed by atoms with Crippen molar-refractivity contribution in [2.75, 3.05) is 6.54 Å². The van der Waals surface area contributed by atoms with Crippen LogP contribution in [-0.4, -0.2) is 27.3 Å². The summed E-state index contributed by atoms with van der Waals surface area (Å²) >= 11 is 1.45. The van der Waals surface area contributed by atoms with Gasteiger partial charge < -0.3 is 4.90 Å². The Balaban J connectivity index is 1.86. The van der Waals surface area contributed by atoms with E-state index in [1.807, 2.05) is 23.1 Å². The second-order valence-corrected chi connectivity index (χ2v) is 5.00. The first kappa shape index (κ1) is 11.3. The predicted octanol–water partition coefficient (Wildman–Crippen LogP) is 2.52. The fourth-order valence-corrected chi connectivity index (χ4v) is 2.88. The third kappa shape index (κ3) is 2.01. The van der Waals surface area contributed by atoms with E-state index in [1.165, 1.54) is 11.3 Å². The fourth-order valence-electron chi connectivity index (χ4n) is 2.36. The summed E-state index contributed by atoms with van der Waals surface area (Å²) in [6.45, 7) is 0.789. The number of carbonyl (C=O) groups excluding carboxylic acids is 1. The van der Waals surface area contributed by atoms with Crippen LogP contribution in [0.4, 0.5) is 0 Å². The standard InChI is InChI=1S/C13H13N3OS/c17-13(11-8-18-9-15-11)16-7-3-5-12(16)10-4-1-2-6-14-10/h1-2,4,6,8-9,12H,3,5,7H2/t12-/m0/s1. The van der Waals surface area contributed by atoms with Crippen molar-refractivity contribution in [1.29, 1.82) is 0 Å². The molecule has 1 aliphatic heterocycles. The Kier molecular flexibility index (Phi) is 3.06. The van der Waals surface area contributed by atoms with E-state index >= 15 is 0 Å². The lowest BCUT2D eigenvalue weighted by Gasteiger charge is -2.23. The normalized spacial score (nSPS) is 19.1. The molecular formula is C13H13N3OS. The molecule has 92 valence electrons. The number of amides is 1. The molecule has 1 saturated heterocycles. The first-order valence-corrected chi connectivity index (χ1v) is 6.90. The minimum atomic E-state index is 0.0180. The van der Waals surface area contributed by atoms with Crippen LogP contribution in [0.2, 0.25) is 0 Å². The van der Waals surface area contributed by atoms with Gasteiger partial charge in [-0.15, -0.1) is 11.3 Å². The van der Waals surface area contributed by atoms with Crippen molar-refractivity contribution in [2.24, 2.45) is 0 Å². The molecule has 2 aromatic heterocycles. The zero-order valence-electron chi connectivity index (χ0n) is 9.82. The zero-order valence-corrected chi connectivity index (χ0v) is 10.6. The number of hydrogen-bond acceptors (Lipinski definition) is 4. The Morgan fingerprint density at radius 1 is 1.39 bits per heavy atom. The summed E-state index contributed by atoms with van der Waals surface area (Å²) in [6.07, 6.45) is 3.78. The van der Waals surface area contributed by atoms with E-state index < -0.39 is 0 Å². The summed E-state index contributed by atoms with van der Waals surface area (Å²) in [5, 5.41) is 1.80. The molecule has 0 saturated carbocycles. The van der Waals surface area contributed by atoms with Gasteiger partial charge in [0.1, 0.15) is 5.69 Å². The van der Waals surface area contributed by atoms with Gasteiger partial charge in [-0.25, -0.2) is 4.98 Å². The first-order valence-electron chi connectivity index (χ1n) is 5.96. The number of rotatable bonds is 2. The fraction of sp³-hybridized carbons (Fsp3) is 0.308. The number of pyridine rings is 1. The van der Waals surface area contributed by atoms with Crippen molar-refractivity contribution in [3.05, 3.63) is 46.7 Å². The maximum absolute atomic E-state index is 12.3. The third-order valence-corrected chi connectivity index (χ3v) is 3.78. The first-order chi connectivity index (χ1) is 8.86. The van der Waals surface area contributed by atoms with E-state index in [-0.39, 0.29) is 11.9 Å². The number of aromatic nitrogens is 2. The van der Waals surface area contributed by atoms with Crippen molar-refractivity contribution in [3.8, 4) is 0 Å². The van der Waals surface area contributed by atoms with Gasteiger partial charge in [-0.05, 0) is 25.0 Å². The number of likely N-dealkylation sites (tertiary alicyclic amines) is 1. The summed E-state index contributed by atoms with van der Waals surface area (Å²) < 4.78 is 0. The van der Waals surface area contributed by atoms with E-state index in [2.05, 4.69) is 9.97 Å². The smallest absolute Gasteiger partial charge is 0.273 e. The van der Waals surface area contributed by atoms with Gasteiger partial charge in [0, 0.05) is 18.1 Å². The van der Waals surface area contributed by atoms with Crippen LogP contribution in [0.5, 0.6) is 0 Å². The van der Waals surface area contributed by atoms with Crippen LogP contribution in [0.1, 0.15) is 35.1 Å². The molecule has 0 aromatic carbocycles. The molecule has 0 bridgehead atoms. The van der Waals surface area contributed by atoms with Crippen LogP contribution in [0.3, 0.4) is 0 Å². The highest BCUT2D eigenvalue weighted by Crippen LogP contribution is 2.31. The van der Waals surface area contributed by atoms with E-state index in [9.17, 15) is 4.79 Å². The Labute approximate surface area is 109 Å². The highest BCUT2D eigenvalue weighted by Gasteiger charge is 2.31. The number of carbonyl (C=O) groups is 1. The molecule has 2 aromatic rings. The van der Waals surface area contributed by atoms with Gasteiger partial charge in [0.15, 0.2) is 0 Å². The Bertz CT molecular complexity index is 526. The quantitative estimate of drug-likeness (QED) is 0.832. The van der Waals surface area contributed by atoms with Gasteiger partial charge in [0.2, 0.25) is 0 Å². The van der Waals surface area contributed by atoms with Gasteiger partial charge in [-0.1, -0.05) is 6.07 Å². The van der Waals surface area contributed by atoms with Crippen LogP contribution in [-0.2, 0) is 0 Å². The van der Waals surface area contributed by atoms with Crippen molar-refractivity contribution >= 4 is 17.2 Å². The maximum atomic E-state index is 12.3. The predicted molar refractivity (Wildman–Crippen MR) is 69.4 cm³/mol. The maximum Gasteiger partial charge on any atom is 0.273 e. The van der Waals surface area contributed by atoms with Crippen molar-refractivity contribution in [2.45, 2.75) is 18.9 Å². The molecule has 18 heavy (non-hydrogen) atoms. The number of thiazole rings is 1. The summed E-state index contributed by atoms with van der Waals surface area (Å²) in [5.41, 5.74) is 3.21. The molecule has 0 N–H and O–H groups in total. The van der Waals surface area contributed by atoms with Crippen LogP contribution in [0.25, 0.3) is 0 Å². The minimum Gasteiger partial charge on any atom is -0.329 e. The Hall–Kier alpha value is -1.75. The highest BCUT2D eigenvalue weighted by atomic mass is 32.1. The monoisotopic (exact) mass is 259 g/mol. The van der Waals surface area contributed by atoms with Crippen LogP contribution in [0.15, 0.2) is 35.3 Å². The molecule has 1 amide bonds. The van der Waals surface area contributed by atoms with E-state index in [0.29, 0.717) is 5.69 Å². The van der Waals surface area contributed by atoms with E-state index in [0.717, 1.165) is 25.1 Å². The third-order valence-electron chi connectivity index (χ3n) is 3.19. The highest BCUT2D eigenvalue weighted by molar-refractivity contribution is 7.07. The molecule has 1 fully saturated rings. The van der Waals surface area contributed by atoms with Crippen LogP contribution >= 0.6 is 11.3 Å². The molecule has 4 nitrogen and oxygen atoms in total. The van der Waals surface area contributed by atoms with Gasteiger partial charge in [-0.2, -0.15) is 0 Å². The van der Waals surface area contributed by atoms with Crippen molar-refractivity contribution < 1.29 is 4.79 Å². The second kappa shape index (κ2) is 4.86. The molecular weight excluding hydrogens is 246 g/mol. The molecule has 3 rings (SSSR count). The molecule has 5 heteroatoms. The second-order valence-electron chi connectivity index (χ2n) is 4.28. The average Bonchev–Trinajstić information content (AvgIpc) is 3.10. The lowest BCUT2D eigenvalue weighted by molar-refractivity contribution is 0.0728. The minimum absolute atomic E-state index is 0.0180. The Morgan fingerprint density at radius 3 is 3.06 bits per heavy atom. The van der Waals surface area contributed by atoms with Crippen LogP contribution < -0.4 is 0 Å². The molecule has 0 radical (unpaired) electrons. The molecule has 1 atom stereocenters. The van der Waals surface area contributed by atoms with Crippen molar-refractivity contribution in [1.82, 2.24) is 14.9 Å². The number of hydrogen-bond donors (Lipinski definition) is 0. The largest absolute Gasteiger partial charge is 0.329 e.